The van der Waals surface area contributed by atoms with Crippen LogP contribution in [0.4, 0.5) is 0 Å². The molecule has 4 rings (SSSR count). The molecule has 2 aliphatic heterocycles. The SMILES string of the molecule is COc1ccc2cc1O[C@H]1C[C@@H](C(=O)NCCCCN(C(=O)CSC)CCCNC2=O)N(C(=O)c2cc(Cl)ccc2OC)C1. The zero-order valence-electron chi connectivity index (χ0n) is 25.2. The Labute approximate surface area is 266 Å². The Morgan fingerprint density at radius 2 is 1.73 bits per heavy atom. The number of halogens is 1. The smallest absolute Gasteiger partial charge is 0.258 e. The summed E-state index contributed by atoms with van der Waals surface area (Å²) in [6, 6.07) is 8.81. The molecule has 2 aromatic carbocycles. The van der Waals surface area contributed by atoms with Crippen LogP contribution in [0.1, 0.15) is 46.4 Å². The van der Waals surface area contributed by atoms with Gasteiger partial charge in [-0.1, -0.05) is 11.6 Å². The van der Waals surface area contributed by atoms with Crippen LogP contribution in [-0.4, -0.2) is 105 Å². The molecule has 2 heterocycles. The summed E-state index contributed by atoms with van der Waals surface area (Å²) in [6.45, 7) is 1.95. The van der Waals surface area contributed by atoms with Crippen LogP contribution < -0.4 is 24.8 Å². The molecule has 0 aliphatic carbocycles. The fourth-order valence-electron chi connectivity index (χ4n) is 5.35. The standard InChI is InChI=1S/C31H39ClN4O7S/c1-41-25-10-8-21(32)16-23(25)31(40)36-18-22-17-24(36)30(39)34-11-4-5-13-35(28(37)19-44-3)14-6-12-33-29(38)20-7-9-26(42-2)27(15-20)43-22/h7-10,15-16,22,24H,4-6,11-14,17-19H2,1-3H3,(H,33,38)(H,34,39)/t22-,24-/m0/s1. The molecule has 2 N–H and O–H groups in total. The minimum Gasteiger partial charge on any atom is -0.496 e. The van der Waals surface area contributed by atoms with Gasteiger partial charge in [-0.25, -0.2) is 0 Å². The first-order valence-corrected chi connectivity index (χ1v) is 16.3. The van der Waals surface area contributed by atoms with Crippen LogP contribution in [0.15, 0.2) is 36.4 Å². The third-order valence-corrected chi connectivity index (χ3v) is 8.37. The quantitative estimate of drug-likeness (QED) is 0.507. The molecule has 2 atom stereocenters. The number of benzene rings is 2. The molecule has 13 heteroatoms. The van der Waals surface area contributed by atoms with Gasteiger partial charge in [-0.2, -0.15) is 11.8 Å². The molecule has 0 radical (unpaired) electrons. The Bertz CT molecular complexity index is 1360. The fraction of sp³-hybridized carbons (Fsp3) is 0.484. The van der Waals surface area contributed by atoms with Crippen LogP contribution in [0, 0.1) is 0 Å². The monoisotopic (exact) mass is 646 g/mol. The lowest BCUT2D eigenvalue weighted by Gasteiger charge is -2.25. The van der Waals surface area contributed by atoms with Gasteiger partial charge in [0, 0.05) is 43.2 Å². The molecule has 0 saturated carbocycles. The molecule has 238 valence electrons. The second-order valence-electron chi connectivity index (χ2n) is 10.6. The Balaban J connectivity index is 1.62. The van der Waals surface area contributed by atoms with E-state index in [1.54, 1.807) is 35.2 Å². The number of rotatable bonds is 5. The Morgan fingerprint density at radius 3 is 2.48 bits per heavy atom. The molecule has 1 saturated heterocycles. The van der Waals surface area contributed by atoms with Gasteiger partial charge in [0.2, 0.25) is 11.8 Å². The van der Waals surface area contributed by atoms with Crippen LogP contribution in [0.3, 0.4) is 0 Å². The summed E-state index contributed by atoms with van der Waals surface area (Å²) in [6.07, 6.45) is 3.48. The first-order valence-electron chi connectivity index (χ1n) is 14.6. The summed E-state index contributed by atoms with van der Waals surface area (Å²) < 4.78 is 17.2. The molecule has 2 aliphatic rings. The van der Waals surface area contributed by atoms with Crippen molar-refractivity contribution in [1.29, 1.82) is 0 Å². The number of ether oxygens (including phenoxy) is 3. The maximum atomic E-state index is 13.8. The van der Waals surface area contributed by atoms with E-state index in [9.17, 15) is 19.2 Å². The van der Waals surface area contributed by atoms with Crippen molar-refractivity contribution in [3.63, 3.8) is 0 Å². The Morgan fingerprint density at radius 1 is 1.00 bits per heavy atom. The summed E-state index contributed by atoms with van der Waals surface area (Å²) in [7, 11) is 2.96. The number of thioether (sulfide) groups is 1. The molecule has 0 spiro atoms. The first kappa shape index (κ1) is 33.3. The normalized spacial score (nSPS) is 19.9. The fourth-order valence-corrected chi connectivity index (χ4v) is 5.96. The van der Waals surface area contributed by atoms with Crippen molar-refractivity contribution in [2.24, 2.45) is 0 Å². The van der Waals surface area contributed by atoms with Gasteiger partial charge in [0.05, 0.1) is 32.1 Å². The minimum atomic E-state index is -0.824. The second-order valence-corrected chi connectivity index (χ2v) is 11.9. The predicted octanol–water partition coefficient (Wildman–Crippen LogP) is 3.24. The van der Waals surface area contributed by atoms with Crippen LogP contribution in [0.25, 0.3) is 0 Å². The maximum absolute atomic E-state index is 13.8. The van der Waals surface area contributed by atoms with Crippen molar-refractivity contribution >= 4 is 47.0 Å². The topological polar surface area (TPSA) is 127 Å². The summed E-state index contributed by atoms with van der Waals surface area (Å²) in [5, 5.41) is 6.25. The number of fused-ring (bicyclic) bond motifs is 4. The third-order valence-electron chi connectivity index (χ3n) is 7.60. The van der Waals surface area contributed by atoms with Crippen molar-refractivity contribution in [2.75, 3.05) is 59.0 Å². The lowest BCUT2D eigenvalue weighted by Crippen LogP contribution is -2.46. The number of methoxy groups -OCH3 is 2. The van der Waals surface area contributed by atoms with Gasteiger partial charge in [0.1, 0.15) is 17.9 Å². The van der Waals surface area contributed by atoms with E-state index >= 15 is 0 Å². The summed E-state index contributed by atoms with van der Waals surface area (Å²) in [5.41, 5.74) is 0.608. The zero-order valence-corrected chi connectivity index (χ0v) is 26.8. The average Bonchev–Trinajstić information content (AvgIpc) is 3.44. The van der Waals surface area contributed by atoms with Gasteiger partial charge in [-0.15, -0.1) is 0 Å². The number of carbonyl (C=O) groups is 4. The number of likely N-dealkylation sites (tertiary alicyclic amines) is 1. The van der Waals surface area contributed by atoms with Crippen molar-refractivity contribution in [2.45, 2.75) is 37.8 Å². The number of hydrogen-bond donors (Lipinski definition) is 2. The van der Waals surface area contributed by atoms with E-state index in [-0.39, 0.29) is 36.3 Å². The molecule has 44 heavy (non-hydrogen) atoms. The zero-order chi connectivity index (χ0) is 31.6. The van der Waals surface area contributed by atoms with Crippen LogP contribution >= 0.6 is 23.4 Å². The highest BCUT2D eigenvalue weighted by Crippen LogP contribution is 2.33. The highest BCUT2D eigenvalue weighted by molar-refractivity contribution is 7.99. The van der Waals surface area contributed by atoms with E-state index < -0.39 is 18.1 Å². The van der Waals surface area contributed by atoms with Crippen molar-refractivity contribution < 1.29 is 33.4 Å². The van der Waals surface area contributed by atoms with E-state index in [0.29, 0.717) is 79.0 Å². The van der Waals surface area contributed by atoms with Gasteiger partial charge in [-0.3, -0.25) is 19.2 Å². The van der Waals surface area contributed by atoms with E-state index in [0.717, 1.165) is 0 Å². The van der Waals surface area contributed by atoms with Gasteiger partial charge in [-0.05, 0) is 61.9 Å². The molecule has 2 aromatic rings. The van der Waals surface area contributed by atoms with Crippen LogP contribution in [0.5, 0.6) is 17.2 Å². The van der Waals surface area contributed by atoms with Crippen LogP contribution in [-0.2, 0) is 9.59 Å². The van der Waals surface area contributed by atoms with E-state index in [2.05, 4.69) is 10.6 Å². The molecule has 4 amide bonds. The van der Waals surface area contributed by atoms with E-state index in [1.165, 1.54) is 36.9 Å². The molecular weight excluding hydrogens is 608 g/mol. The average molecular weight is 647 g/mol. The van der Waals surface area contributed by atoms with Crippen molar-refractivity contribution in [3.05, 3.63) is 52.5 Å². The highest BCUT2D eigenvalue weighted by Gasteiger charge is 2.42. The molecule has 1 fully saturated rings. The lowest BCUT2D eigenvalue weighted by atomic mass is 10.1. The van der Waals surface area contributed by atoms with Crippen molar-refractivity contribution in [3.8, 4) is 17.2 Å². The van der Waals surface area contributed by atoms with Gasteiger partial charge >= 0.3 is 0 Å². The van der Waals surface area contributed by atoms with Gasteiger partial charge < -0.3 is 34.6 Å². The largest absolute Gasteiger partial charge is 0.496 e. The highest BCUT2D eigenvalue weighted by atomic mass is 35.5. The second kappa shape index (κ2) is 15.9. The minimum absolute atomic E-state index is 0.0401. The van der Waals surface area contributed by atoms with Gasteiger partial charge in [0.25, 0.3) is 11.8 Å². The number of nitrogens with zero attached hydrogens (tertiary/aromatic N) is 2. The summed E-state index contributed by atoms with van der Waals surface area (Å²) in [5.74, 6) is 0.486. The predicted molar refractivity (Wildman–Crippen MR) is 169 cm³/mol. The maximum Gasteiger partial charge on any atom is 0.258 e. The summed E-state index contributed by atoms with van der Waals surface area (Å²) in [4.78, 5) is 56.3. The number of nitrogens with one attached hydrogen (secondary N) is 2. The Kier molecular flexibility index (Phi) is 12.0. The molecule has 0 unspecified atom stereocenters. The number of carbonyl (C=O) groups excluding carboxylic acids is 4. The molecule has 11 nitrogen and oxygen atoms in total. The van der Waals surface area contributed by atoms with E-state index in [1.807, 2.05) is 6.26 Å². The lowest BCUT2D eigenvalue weighted by molar-refractivity contribution is -0.128. The Hall–Kier alpha value is -3.64. The summed E-state index contributed by atoms with van der Waals surface area (Å²) >= 11 is 7.68. The number of amides is 4. The first-order chi connectivity index (χ1) is 21.2. The third kappa shape index (κ3) is 8.29. The van der Waals surface area contributed by atoms with E-state index in [4.69, 9.17) is 25.8 Å². The molecule has 4 bridgehead atoms. The van der Waals surface area contributed by atoms with Crippen LogP contribution in [0.2, 0.25) is 5.02 Å². The molecule has 0 aromatic heterocycles. The van der Waals surface area contributed by atoms with Crippen molar-refractivity contribution in [1.82, 2.24) is 20.4 Å². The molecular formula is C31H39ClN4O7S. The number of hydrogen-bond acceptors (Lipinski definition) is 8. The van der Waals surface area contributed by atoms with Gasteiger partial charge in [0.15, 0.2) is 11.5 Å².